The topological polar surface area (TPSA) is 41.1 Å². The van der Waals surface area contributed by atoms with E-state index in [1.54, 1.807) is 0 Å². The minimum atomic E-state index is -4.77. The molecule has 1 aromatic carbocycles. The number of hydrogen-bond donors (Lipinski definition) is 2. The van der Waals surface area contributed by atoms with Gasteiger partial charge in [0.15, 0.2) is 0 Å². The predicted octanol–water partition coefficient (Wildman–Crippen LogP) is 3.56. The molecule has 0 spiro atoms. The Morgan fingerprint density at radius 3 is 2.57 bits per heavy atom. The molecule has 0 aliphatic heterocycles. The van der Waals surface area contributed by atoms with Crippen LogP contribution in [-0.4, -0.2) is 18.5 Å². The molecular formula is C14H18F4N2O. The molecule has 3 nitrogen and oxygen atoms in total. The second-order valence-corrected chi connectivity index (χ2v) is 4.70. The third-order valence-corrected chi connectivity index (χ3v) is 2.88. The van der Waals surface area contributed by atoms with Gasteiger partial charge in [-0.3, -0.25) is 4.79 Å². The third kappa shape index (κ3) is 5.24. The van der Waals surface area contributed by atoms with Crippen molar-refractivity contribution in [2.45, 2.75) is 38.9 Å². The average molecular weight is 306 g/mol. The number of carbonyl (C=O) groups is 1. The van der Waals surface area contributed by atoms with Gasteiger partial charge in [-0.2, -0.15) is 13.2 Å². The van der Waals surface area contributed by atoms with E-state index in [0.29, 0.717) is 12.6 Å². The Morgan fingerprint density at radius 1 is 1.33 bits per heavy atom. The maximum Gasteiger partial charge on any atom is 0.419 e. The standard InChI is InChI=1S/C14H18F4N2O/c1-3-4-7-19-13(21)9(2)20-10-5-6-12(15)11(8-10)14(16,17)18/h5-6,8-9,20H,3-4,7H2,1-2H3,(H,19,21). The summed E-state index contributed by atoms with van der Waals surface area (Å²) in [5.74, 6) is -1.66. The highest BCUT2D eigenvalue weighted by Gasteiger charge is 2.34. The molecule has 0 radical (unpaired) electrons. The van der Waals surface area contributed by atoms with E-state index in [1.165, 1.54) is 13.0 Å². The first-order valence-corrected chi connectivity index (χ1v) is 6.66. The van der Waals surface area contributed by atoms with Gasteiger partial charge in [-0.15, -0.1) is 0 Å². The first-order chi connectivity index (χ1) is 9.75. The smallest absolute Gasteiger partial charge is 0.374 e. The summed E-state index contributed by atoms with van der Waals surface area (Å²) in [6.45, 7) is 4.02. The highest BCUT2D eigenvalue weighted by Crippen LogP contribution is 2.33. The Labute approximate surface area is 120 Å². The maximum absolute atomic E-state index is 13.1. The zero-order valence-corrected chi connectivity index (χ0v) is 11.9. The molecule has 21 heavy (non-hydrogen) atoms. The fraction of sp³-hybridized carbons (Fsp3) is 0.500. The lowest BCUT2D eigenvalue weighted by Gasteiger charge is -2.16. The van der Waals surface area contributed by atoms with Crippen LogP contribution in [0.15, 0.2) is 18.2 Å². The summed E-state index contributed by atoms with van der Waals surface area (Å²) in [6.07, 6.45) is -3.02. The predicted molar refractivity (Wildman–Crippen MR) is 72.4 cm³/mol. The molecule has 0 aliphatic carbocycles. The maximum atomic E-state index is 13.1. The molecule has 1 unspecified atom stereocenters. The van der Waals surface area contributed by atoms with E-state index in [4.69, 9.17) is 0 Å². The van der Waals surface area contributed by atoms with Crippen LogP contribution in [0.5, 0.6) is 0 Å². The van der Waals surface area contributed by atoms with E-state index < -0.39 is 23.6 Å². The molecule has 0 saturated carbocycles. The van der Waals surface area contributed by atoms with Crippen molar-refractivity contribution in [3.8, 4) is 0 Å². The monoisotopic (exact) mass is 306 g/mol. The minimum absolute atomic E-state index is 0.0434. The summed E-state index contributed by atoms with van der Waals surface area (Å²) >= 11 is 0. The van der Waals surface area contributed by atoms with Crippen molar-refractivity contribution in [3.63, 3.8) is 0 Å². The minimum Gasteiger partial charge on any atom is -0.374 e. The van der Waals surface area contributed by atoms with Gasteiger partial charge in [0.05, 0.1) is 5.56 Å². The van der Waals surface area contributed by atoms with Gasteiger partial charge in [-0.05, 0) is 31.5 Å². The third-order valence-electron chi connectivity index (χ3n) is 2.88. The van der Waals surface area contributed by atoms with Crippen LogP contribution in [0, 0.1) is 5.82 Å². The number of rotatable bonds is 6. The van der Waals surface area contributed by atoms with E-state index in [9.17, 15) is 22.4 Å². The Kier molecular flexibility index (Phi) is 5.99. The summed E-state index contributed by atoms with van der Waals surface area (Å²) in [5.41, 5.74) is -1.31. The number of alkyl halides is 3. The number of carbonyl (C=O) groups excluding carboxylic acids is 1. The van der Waals surface area contributed by atoms with Gasteiger partial charge in [0.1, 0.15) is 11.9 Å². The molecule has 1 amide bonds. The largest absolute Gasteiger partial charge is 0.419 e. The highest BCUT2D eigenvalue weighted by molar-refractivity contribution is 5.84. The molecule has 0 fully saturated rings. The number of benzene rings is 1. The van der Waals surface area contributed by atoms with E-state index in [0.717, 1.165) is 18.9 Å². The lowest BCUT2D eigenvalue weighted by atomic mass is 10.1. The number of unbranched alkanes of at least 4 members (excludes halogenated alkanes) is 1. The Morgan fingerprint density at radius 2 is 2.00 bits per heavy atom. The van der Waals surface area contributed by atoms with Crippen LogP contribution in [-0.2, 0) is 11.0 Å². The molecule has 0 heterocycles. The van der Waals surface area contributed by atoms with Gasteiger partial charge in [0, 0.05) is 12.2 Å². The van der Waals surface area contributed by atoms with E-state index in [-0.39, 0.29) is 11.6 Å². The number of amides is 1. The Balaban J connectivity index is 2.72. The summed E-state index contributed by atoms with van der Waals surface area (Å²) < 4.78 is 50.9. The van der Waals surface area contributed by atoms with Crippen LogP contribution in [0.3, 0.4) is 0 Å². The average Bonchev–Trinajstić information content (AvgIpc) is 2.39. The number of nitrogens with one attached hydrogen (secondary N) is 2. The molecule has 1 atom stereocenters. The van der Waals surface area contributed by atoms with E-state index >= 15 is 0 Å². The first-order valence-electron chi connectivity index (χ1n) is 6.66. The van der Waals surface area contributed by atoms with Gasteiger partial charge in [-0.1, -0.05) is 13.3 Å². The fourth-order valence-corrected chi connectivity index (χ4v) is 1.69. The highest BCUT2D eigenvalue weighted by atomic mass is 19.4. The quantitative estimate of drug-likeness (QED) is 0.623. The number of anilines is 1. The van der Waals surface area contributed by atoms with Gasteiger partial charge in [0.2, 0.25) is 5.91 Å². The van der Waals surface area contributed by atoms with Crippen molar-refractivity contribution < 1.29 is 22.4 Å². The molecule has 0 aromatic heterocycles. The van der Waals surface area contributed by atoms with Crippen LogP contribution in [0.1, 0.15) is 32.3 Å². The summed E-state index contributed by atoms with van der Waals surface area (Å²) in [4.78, 5) is 11.7. The van der Waals surface area contributed by atoms with Gasteiger partial charge < -0.3 is 10.6 Å². The number of hydrogen-bond acceptors (Lipinski definition) is 2. The lowest BCUT2D eigenvalue weighted by molar-refractivity contribution is -0.139. The second kappa shape index (κ2) is 7.28. The summed E-state index contributed by atoms with van der Waals surface area (Å²) in [7, 11) is 0. The van der Waals surface area contributed by atoms with Gasteiger partial charge >= 0.3 is 6.18 Å². The molecular weight excluding hydrogens is 288 g/mol. The van der Waals surface area contributed by atoms with Gasteiger partial charge in [-0.25, -0.2) is 4.39 Å². The van der Waals surface area contributed by atoms with Crippen LogP contribution < -0.4 is 10.6 Å². The molecule has 1 rings (SSSR count). The lowest BCUT2D eigenvalue weighted by Crippen LogP contribution is -2.38. The van der Waals surface area contributed by atoms with Gasteiger partial charge in [0.25, 0.3) is 0 Å². The molecule has 2 N–H and O–H groups in total. The molecule has 1 aromatic rings. The van der Waals surface area contributed by atoms with Crippen molar-refractivity contribution in [1.82, 2.24) is 5.32 Å². The van der Waals surface area contributed by atoms with Crippen molar-refractivity contribution in [1.29, 1.82) is 0 Å². The summed E-state index contributed by atoms with van der Waals surface area (Å²) in [5, 5.41) is 5.29. The zero-order valence-electron chi connectivity index (χ0n) is 11.9. The van der Waals surface area contributed by atoms with E-state index in [1.807, 2.05) is 6.92 Å². The second-order valence-electron chi connectivity index (χ2n) is 4.70. The molecule has 118 valence electrons. The van der Waals surface area contributed by atoms with Crippen LogP contribution in [0.4, 0.5) is 23.2 Å². The fourth-order valence-electron chi connectivity index (χ4n) is 1.69. The van der Waals surface area contributed by atoms with Crippen molar-refractivity contribution in [2.75, 3.05) is 11.9 Å². The van der Waals surface area contributed by atoms with Crippen LogP contribution in [0.2, 0.25) is 0 Å². The Bertz CT molecular complexity index is 488. The molecule has 7 heteroatoms. The SMILES string of the molecule is CCCCNC(=O)C(C)Nc1ccc(F)c(C(F)(F)F)c1. The number of halogens is 4. The van der Waals surface area contributed by atoms with Crippen molar-refractivity contribution >= 4 is 11.6 Å². The summed E-state index contributed by atoms with van der Waals surface area (Å²) in [6, 6.07) is 1.84. The van der Waals surface area contributed by atoms with Crippen LogP contribution in [0.25, 0.3) is 0 Å². The van der Waals surface area contributed by atoms with Crippen molar-refractivity contribution in [3.05, 3.63) is 29.6 Å². The molecule has 0 saturated heterocycles. The molecule has 0 bridgehead atoms. The molecule has 0 aliphatic rings. The van der Waals surface area contributed by atoms with E-state index in [2.05, 4.69) is 10.6 Å². The van der Waals surface area contributed by atoms with Crippen LogP contribution >= 0.6 is 0 Å². The Hall–Kier alpha value is -1.79. The zero-order chi connectivity index (χ0) is 16.0. The first kappa shape index (κ1) is 17.3. The normalized spacial score (nSPS) is 12.9. The van der Waals surface area contributed by atoms with Crippen molar-refractivity contribution in [2.24, 2.45) is 0 Å².